The van der Waals surface area contributed by atoms with E-state index >= 15 is 0 Å². The highest BCUT2D eigenvalue weighted by Crippen LogP contribution is 2.20. The van der Waals surface area contributed by atoms with Crippen LogP contribution in [0.25, 0.3) is 0 Å². The van der Waals surface area contributed by atoms with Gasteiger partial charge in [-0.1, -0.05) is 34.0 Å². The molecular formula is C19H21BrClNO4. The predicted molar refractivity (Wildman–Crippen MR) is 107 cm³/mol. The van der Waals surface area contributed by atoms with Gasteiger partial charge in [0.25, 0.3) is 0 Å². The molecule has 1 atom stereocenters. The minimum atomic E-state index is -1.45. The maximum atomic E-state index is 11.4. The van der Waals surface area contributed by atoms with Crippen LogP contribution in [0.3, 0.4) is 0 Å². The Labute approximate surface area is 166 Å². The Morgan fingerprint density at radius 2 is 1.58 bits per heavy atom. The molecule has 0 saturated carbocycles. The summed E-state index contributed by atoms with van der Waals surface area (Å²) in [6.45, 7) is 0.893. The van der Waals surface area contributed by atoms with Gasteiger partial charge in [-0.2, -0.15) is 0 Å². The zero-order valence-corrected chi connectivity index (χ0v) is 16.5. The van der Waals surface area contributed by atoms with Crippen molar-refractivity contribution < 1.29 is 19.4 Å². The summed E-state index contributed by atoms with van der Waals surface area (Å²) in [6, 6.07) is 13.5. The molecule has 5 nitrogen and oxygen atoms in total. The van der Waals surface area contributed by atoms with Crippen LogP contribution in [-0.4, -0.2) is 29.2 Å². The Balaban J connectivity index is 1.88. The highest BCUT2D eigenvalue weighted by Gasteiger charge is 2.21. The number of aliphatic carboxylic acids is 1. The van der Waals surface area contributed by atoms with Gasteiger partial charge in [-0.25, -0.2) is 4.79 Å². The third kappa shape index (κ3) is 7.14. The Bertz CT molecular complexity index is 679. The van der Waals surface area contributed by atoms with Gasteiger partial charge in [0.05, 0.1) is 0 Å². The molecule has 2 aromatic carbocycles. The number of hydrogen-bond acceptors (Lipinski definition) is 4. The summed E-state index contributed by atoms with van der Waals surface area (Å²) in [7, 11) is 0. The first-order valence-corrected chi connectivity index (χ1v) is 9.80. The first-order valence-electron chi connectivity index (χ1n) is 8.30. The summed E-state index contributed by atoms with van der Waals surface area (Å²) in [5.74, 6) is -0.436. The summed E-state index contributed by atoms with van der Waals surface area (Å²) in [5, 5.41) is 14.2. The average Bonchev–Trinajstić information content (AvgIpc) is 2.64. The number of benzene rings is 2. The molecule has 7 heteroatoms. The van der Waals surface area contributed by atoms with Gasteiger partial charge >= 0.3 is 12.3 Å². The average molecular weight is 443 g/mol. The molecule has 0 aliphatic rings. The number of alkyl halides is 1. The van der Waals surface area contributed by atoms with E-state index in [2.05, 4.69) is 21.2 Å². The van der Waals surface area contributed by atoms with Crippen molar-refractivity contribution in [3.63, 3.8) is 0 Å². The van der Waals surface area contributed by atoms with E-state index in [-0.39, 0.29) is 0 Å². The van der Waals surface area contributed by atoms with Crippen LogP contribution >= 0.6 is 27.5 Å². The summed E-state index contributed by atoms with van der Waals surface area (Å²) in [4.78, 5) is 11.4. The van der Waals surface area contributed by atoms with Crippen molar-refractivity contribution in [3.8, 4) is 11.5 Å². The molecule has 0 heterocycles. The largest absolute Gasteiger partial charge is 0.476 e. The Morgan fingerprint density at radius 1 is 1.00 bits per heavy atom. The number of carbonyl (C=O) groups is 1. The SMILES string of the molecule is O=C(O)C(Oc1ccc(Cl)cc1)Oc1ccc(NCCCCCBr)cc1. The molecule has 2 rings (SSSR count). The third-order valence-corrected chi connectivity index (χ3v) is 4.31. The van der Waals surface area contributed by atoms with Crippen molar-refractivity contribution in [2.24, 2.45) is 0 Å². The Kier molecular flexibility index (Phi) is 8.58. The molecule has 140 valence electrons. The molecule has 0 spiro atoms. The van der Waals surface area contributed by atoms with E-state index in [0.717, 1.165) is 24.0 Å². The van der Waals surface area contributed by atoms with E-state index in [0.29, 0.717) is 16.5 Å². The van der Waals surface area contributed by atoms with Gasteiger partial charge in [0, 0.05) is 22.6 Å². The number of nitrogens with one attached hydrogen (secondary N) is 1. The lowest BCUT2D eigenvalue weighted by Gasteiger charge is -2.17. The number of ether oxygens (including phenoxy) is 2. The molecule has 0 aromatic heterocycles. The normalized spacial score (nSPS) is 11.6. The highest BCUT2D eigenvalue weighted by molar-refractivity contribution is 9.09. The van der Waals surface area contributed by atoms with Crippen LogP contribution in [0, 0.1) is 0 Å². The molecule has 2 N–H and O–H groups in total. The zero-order chi connectivity index (χ0) is 18.8. The smallest absolute Gasteiger partial charge is 0.387 e. The van der Waals surface area contributed by atoms with E-state index in [9.17, 15) is 9.90 Å². The van der Waals surface area contributed by atoms with E-state index in [1.165, 1.54) is 12.8 Å². The van der Waals surface area contributed by atoms with E-state index in [1.807, 2.05) is 12.1 Å². The molecule has 0 saturated heterocycles. The number of carboxylic acids is 1. The van der Waals surface area contributed by atoms with Gasteiger partial charge in [0.15, 0.2) is 0 Å². The number of unbranched alkanes of at least 4 members (excludes halogenated alkanes) is 2. The summed E-state index contributed by atoms with van der Waals surface area (Å²) >= 11 is 9.22. The number of carboxylic acid groups (broad SMARTS) is 1. The fourth-order valence-electron chi connectivity index (χ4n) is 2.17. The second-order valence-corrected chi connectivity index (χ2v) is 6.79. The van der Waals surface area contributed by atoms with Crippen molar-refractivity contribution in [1.82, 2.24) is 0 Å². The topological polar surface area (TPSA) is 67.8 Å². The van der Waals surface area contributed by atoms with E-state index in [1.54, 1.807) is 36.4 Å². The van der Waals surface area contributed by atoms with Crippen molar-refractivity contribution in [2.45, 2.75) is 25.6 Å². The van der Waals surface area contributed by atoms with Crippen LogP contribution in [-0.2, 0) is 4.79 Å². The van der Waals surface area contributed by atoms with Crippen LogP contribution in [0.4, 0.5) is 5.69 Å². The Morgan fingerprint density at radius 3 is 2.12 bits per heavy atom. The van der Waals surface area contributed by atoms with Crippen molar-refractivity contribution >= 4 is 39.2 Å². The van der Waals surface area contributed by atoms with Crippen LogP contribution < -0.4 is 14.8 Å². The van der Waals surface area contributed by atoms with Crippen molar-refractivity contribution in [2.75, 3.05) is 17.2 Å². The summed E-state index contributed by atoms with van der Waals surface area (Å²) in [6.07, 6.45) is 1.99. The summed E-state index contributed by atoms with van der Waals surface area (Å²) in [5.41, 5.74) is 0.960. The fraction of sp³-hybridized carbons (Fsp3) is 0.316. The minimum absolute atomic E-state index is 0.364. The first kappa shape index (κ1) is 20.4. The van der Waals surface area contributed by atoms with Gasteiger partial charge in [-0.15, -0.1) is 0 Å². The van der Waals surface area contributed by atoms with Crippen LogP contribution in [0.5, 0.6) is 11.5 Å². The van der Waals surface area contributed by atoms with Crippen LogP contribution in [0.15, 0.2) is 48.5 Å². The monoisotopic (exact) mass is 441 g/mol. The second-order valence-electron chi connectivity index (χ2n) is 5.56. The molecule has 26 heavy (non-hydrogen) atoms. The number of halogens is 2. The number of hydrogen-bond donors (Lipinski definition) is 2. The van der Waals surface area contributed by atoms with Gasteiger partial charge in [0.2, 0.25) is 0 Å². The van der Waals surface area contributed by atoms with E-state index in [4.69, 9.17) is 21.1 Å². The predicted octanol–water partition coefficient (Wildman–Crippen LogP) is 5.19. The van der Waals surface area contributed by atoms with Gasteiger partial charge in [-0.05, 0) is 61.4 Å². The lowest BCUT2D eigenvalue weighted by Crippen LogP contribution is -2.33. The molecule has 0 aliphatic carbocycles. The zero-order valence-electron chi connectivity index (χ0n) is 14.2. The lowest BCUT2D eigenvalue weighted by molar-refractivity contribution is -0.158. The fourth-order valence-corrected chi connectivity index (χ4v) is 2.69. The maximum Gasteiger partial charge on any atom is 0.387 e. The molecule has 0 aliphatic heterocycles. The van der Waals surface area contributed by atoms with Gasteiger partial charge < -0.3 is 19.9 Å². The Hall–Kier alpha value is -1.92. The first-order chi connectivity index (χ1) is 12.6. The van der Waals surface area contributed by atoms with Gasteiger partial charge in [0.1, 0.15) is 11.5 Å². The molecule has 0 radical (unpaired) electrons. The third-order valence-electron chi connectivity index (χ3n) is 3.50. The minimum Gasteiger partial charge on any atom is -0.476 e. The lowest BCUT2D eigenvalue weighted by atomic mass is 10.2. The van der Waals surface area contributed by atoms with Crippen molar-refractivity contribution in [3.05, 3.63) is 53.6 Å². The highest BCUT2D eigenvalue weighted by atomic mass is 79.9. The quantitative estimate of drug-likeness (QED) is 0.285. The molecule has 2 aromatic rings. The molecule has 0 amide bonds. The maximum absolute atomic E-state index is 11.4. The molecular weight excluding hydrogens is 422 g/mol. The summed E-state index contributed by atoms with van der Waals surface area (Å²) < 4.78 is 10.8. The molecule has 0 fully saturated rings. The van der Waals surface area contributed by atoms with E-state index < -0.39 is 12.3 Å². The molecule has 0 bridgehead atoms. The standard InChI is InChI=1S/C19H21BrClNO4/c20-12-2-1-3-13-22-15-6-10-17(11-7-15)26-19(18(23)24)25-16-8-4-14(21)5-9-16/h4-11,19,22H,1-3,12-13H2,(H,23,24). The molecule has 1 unspecified atom stereocenters. The number of rotatable bonds is 11. The second kappa shape index (κ2) is 10.9. The van der Waals surface area contributed by atoms with Crippen LogP contribution in [0.1, 0.15) is 19.3 Å². The van der Waals surface area contributed by atoms with Crippen LogP contribution in [0.2, 0.25) is 5.02 Å². The van der Waals surface area contributed by atoms with Gasteiger partial charge in [-0.3, -0.25) is 0 Å². The van der Waals surface area contributed by atoms with Crippen molar-refractivity contribution in [1.29, 1.82) is 0 Å². The number of anilines is 1.